The van der Waals surface area contributed by atoms with Crippen molar-refractivity contribution in [3.63, 3.8) is 0 Å². The fraction of sp³-hybridized carbons (Fsp3) is 0.238. The van der Waals surface area contributed by atoms with Crippen LogP contribution in [-0.2, 0) is 6.42 Å². The van der Waals surface area contributed by atoms with Crippen molar-refractivity contribution in [3.05, 3.63) is 58.5 Å². The maximum atomic E-state index is 12.6. The summed E-state index contributed by atoms with van der Waals surface area (Å²) >= 11 is 1.39. The van der Waals surface area contributed by atoms with Gasteiger partial charge in [0.2, 0.25) is 0 Å². The van der Waals surface area contributed by atoms with E-state index in [1.165, 1.54) is 16.9 Å². The largest absolute Gasteiger partial charge is 0.496 e. The number of carbonyl (C=O) groups is 1. The summed E-state index contributed by atoms with van der Waals surface area (Å²) in [5, 5.41) is 5.34. The van der Waals surface area contributed by atoms with Gasteiger partial charge in [0.1, 0.15) is 11.5 Å². The monoisotopic (exact) mass is 382 g/mol. The maximum Gasteiger partial charge on any atom is 0.257 e. The van der Waals surface area contributed by atoms with Crippen molar-refractivity contribution >= 4 is 22.4 Å². The van der Waals surface area contributed by atoms with Crippen LogP contribution in [0.1, 0.15) is 28.4 Å². The minimum Gasteiger partial charge on any atom is -0.496 e. The summed E-state index contributed by atoms with van der Waals surface area (Å²) in [6, 6.07) is 11.7. The Morgan fingerprint density at radius 1 is 1.11 bits per heavy atom. The molecule has 0 unspecified atom stereocenters. The molecule has 1 amide bonds. The first-order valence-corrected chi connectivity index (χ1v) is 9.52. The highest BCUT2D eigenvalue weighted by Crippen LogP contribution is 2.30. The first-order chi connectivity index (χ1) is 13.0. The Morgan fingerprint density at radius 2 is 1.74 bits per heavy atom. The predicted octanol–water partition coefficient (Wildman–Crippen LogP) is 4.95. The third-order valence-corrected chi connectivity index (χ3v) is 5.15. The molecular formula is C21H22N2O3S. The number of hydrogen-bond donors (Lipinski definition) is 1. The molecule has 3 aromatic rings. The van der Waals surface area contributed by atoms with Gasteiger partial charge in [0.15, 0.2) is 5.13 Å². The Kier molecular flexibility index (Phi) is 5.76. The van der Waals surface area contributed by atoms with Gasteiger partial charge < -0.3 is 9.47 Å². The Balaban J connectivity index is 1.79. The van der Waals surface area contributed by atoms with E-state index in [9.17, 15) is 4.79 Å². The number of hydrogen-bond acceptors (Lipinski definition) is 5. The lowest BCUT2D eigenvalue weighted by Gasteiger charge is -2.12. The zero-order valence-electron chi connectivity index (χ0n) is 15.8. The van der Waals surface area contributed by atoms with Gasteiger partial charge in [0, 0.05) is 22.1 Å². The number of nitrogens with one attached hydrogen (secondary N) is 1. The van der Waals surface area contributed by atoms with Crippen LogP contribution in [0.5, 0.6) is 11.5 Å². The number of ether oxygens (including phenoxy) is 2. The van der Waals surface area contributed by atoms with Crippen molar-refractivity contribution in [2.24, 2.45) is 0 Å². The van der Waals surface area contributed by atoms with Crippen LogP contribution in [-0.4, -0.2) is 25.1 Å². The second-order valence-electron chi connectivity index (χ2n) is 6.05. The van der Waals surface area contributed by atoms with Crippen molar-refractivity contribution in [2.75, 3.05) is 19.5 Å². The summed E-state index contributed by atoms with van der Waals surface area (Å²) in [6.45, 7) is 4.01. The third kappa shape index (κ3) is 4.11. The van der Waals surface area contributed by atoms with E-state index >= 15 is 0 Å². The first-order valence-electron chi connectivity index (χ1n) is 8.64. The molecule has 2 aromatic carbocycles. The number of aryl methyl sites for hydroxylation is 1. The zero-order chi connectivity index (χ0) is 19.4. The van der Waals surface area contributed by atoms with E-state index in [1.807, 2.05) is 12.3 Å². The predicted molar refractivity (Wildman–Crippen MR) is 109 cm³/mol. The van der Waals surface area contributed by atoms with Gasteiger partial charge in [-0.1, -0.05) is 31.2 Å². The number of thiazole rings is 1. The highest BCUT2D eigenvalue weighted by Gasteiger charge is 2.15. The molecule has 1 aromatic heterocycles. The summed E-state index contributed by atoms with van der Waals surface area (Å²) in [7, 11) is 3.14. The molecule has 0 radical (unpaired) electrons. The number of carbonyl (C=O) groups excluding carboxylic acids is 1. The second kappa shape index (κ2) is 8.22. The van der Waals surface area contributed by atoms with Crippen LogP contribution in [0.25, 0.3) is 11.3 Å². The number of benzene rings is 2. The maximum absolute atomic E-state index is 12.6. The van der Waals surface area contributed by atoms with Gasteiger partial charge in [-0.3, -0.25) is 10.1 Å². The Morgan fingerprint density at radius 3 is 2.30 bits per heavy atom. The minimum absolute atomic E-state index is 0.256. The smallest absolute Gasteiger partial charge is 0.257 e. The van der Waals surface area contributed by atoms with Crippen LogP contribution in [0.2, 0.25) is 0 Å². The topological polar surface area (TPSA) is 60.5 Å². The molecule has 0 bridgehead atoms. The van der Waals surface area contributed by atoms with Gasteiger partial charge in [-0.05, 0) is 31.0 Å². The Bertz CT molecular complexity index is 923. The molecule has 0 spiro atoms. The van der Waals surface area contributed by atoms with Crippen LogP contribution in [0.15, 0.2) is 41.8 Å². The summed E-state index contributed by atoms with van der Waals surface area (Å²) in [6.07, 6.45) is 1.00. The molecule has 140 valence electrons. The van der Waals surface area contributed by atoms with Crippen molar-refractivity contribution < 1.29 is 14.3 Å². The molecule has 0 aliphatic heterocycles. The van der Waals surface area contributed by atoms with Crippen LogP contribution >= 0.6 is 11.3 Å². The van der Waals surface area contributed by atoms with Crippen LogP contribution in [0.3, 0.4) is 0 Å². The molecule has 0 fully saturated rings. The van der Waals surface area contributed by atoms with Crippen molar-refractivity contribution in [3.8, 4) is 22.8 Å². The average molecular weight is 382 g/mol. The number of anilines is 1. The molecule has 0 saturated carbocycles. The quantitative estimate of drug-likeness (QED) is 0.655. The van der Waals surface area contributed by atoms with Crippen molar-refractivity contribution in [1.82, 2.24) is 4.98 Å². The van der Waals surface area contributed by atoms with Gasteiger partial charge in [-0.2, -0.15) is 0 Å². The molecule has 0 atom stereocenters. The zero-order valence-corrected chi connectivity index (χ0v) is 16.6. The number of amides is 1. The lowest BCUT2D eigenvalue weighted by atomic mass is 10.1. The number of methoxy groups -OCH3 is 2. The summed E-state index contributed by atoms with van der Waals surface area (Å²) in [5.74, 6) is 0.958. The van der Waals surface area contributed by atoms with Gasteiger partial charge >= 0.3 is 0 Å². The van der Waals surface area contributed by atoms with Gasteiger partial charge in [-0.25, -0.2) is 4.98 Å². The van der Waals surface area contributed by atoms with E-state index in [4.69, 9.17) is 9.47 Å². The molecule has 6 heteroatoms. The Hall–Kier alpha value is -2.86. The Labute approximate surface area is 163 Å². The third-order valence-electron chi connectivity index (χ3n) is 4.40. The average Bonchev–Trinajstić information content (AvgIpc) is 3.16. The summed E-state index contributed by atoms with van der Waals surface area (Å²) in [5.41, 5.74) is 4.46. The highest BCUT2D eigenvalue weighted by molar-refractivity contribution is 7.14. The molecule has 27 heavy (non-hydrogen) atoms. The second-order valence-corrected chi connectivity index (χ2v) is 6.91. The summed E-state index contributed by atoms with van der Waals surface area (Å²) in [4.78, 5) is 17.2. The molecule has 3 rings (SSSR count). The number of nitrogens with zero attached hydrogens (tertiary/aromatic N) is 1. The van der Waals surface area contributed by atoms with E-state index in [0.29, 0.717) is 22.2 Å². The van der Waals surface area contributed by atoms with E-state index in [2.05, 4.69) is 41.5 Å². The van der Waals surface area contributed by atoms with E-state index < -0.39 is 0 Å². The molecular weight excluding hydrogens is 360 g/mol. The van der Waals surface area contributed by atoms with Gasteiger partial charge in [0.05, 0.1) is 19.9 Å². The number of rotatable bonds is 6. The van der Waals surface area contributed by atoms with Gasteiger partial charge in [-0.15, -0.1) is 11.3 Å². The van der Waals surface area contributed by atoms with Crippen molar-refractivity contribution in [2.45, 2.75) is 20.3 Å². The fourth-order valence-electron chi connectivity index (χ4n) is 2.76. The SMILES string of the molecule is CCc1ccc(-c2csc(NC(=O)c3cc(OC)c(C)c(OC)c3)n2)cc1. The minimum atomic E-state index is -0.256. The standard InChI is InChI=1S/C21H22N2O3S/c1-5-14-6-8-15(9-7-14)17-12-27-21(22-17)23-20(24)16-10-18(25-3)13(2)19(11-16)26-4/h6-12H,5H2,1-4H3,(H,22,23,24). The molecule has 0 aliphatic carbocycles. The van der Waals surface area contributed by atoms with E-state index in [0.717, 1.165) is 23.2 Å². The highest BCUT2D eigenvalue weighted by atomic mass is 32.1. The fourth-order valence-corrected chi connectivity index (χ4v) is 3.48. The van der Waals surface area contributed by atoms with Crippen LogP contribution in [0, 0.1) is 6.92 Å². The molecule has 5 nitrogen and oxygen atoms in total. The van der Waals surface area contributed by atoms with Gasteiger partial charge in [0.25, 0.3) is 5.91 Å². The first kappa shape index (κ1) is 18.9. The van der Waals surface area contributed by atoms with E-state index in [-0.39, 0.29) is 5.91 Å². The lowest BCUT2D eigenvalue weighted by molar-refractivity contribution is 0.102. The van der Waals surface area contributed by atoms with Crippen LogP contribution in [0.4, 0.5) is 5.13 Å². The van der Waals surface area contributed by atoms with Crippen LogP contribution < -0.4 is 14.8 Å². The molecule has 1 heterocycles. The molecule has 0 saturated heterocycles. The molecule has 1 N–H and O–H groups in total. The number of aromatic nitrogens is 1. The lowest BCUT2D eigenvalue weighted by Crippen LogP contribution is -2.12. The van der Waals surface area contributed by atoms with E-state index in [1.54, 1.807) is 26.4 Å². The van der Waals surface area contributed by atoms with Crippen molar-refractivity contribution in [1.29, 1.82) is 0 Å². The summed E-state index contributed by atoms with van der Waals surface area (Å²) < 4.78 is 10.7. The normalized spacial score (nSPS) is 10.5. The molecule has 0 aliphatic rings.